The topological polar surface area (TPSA) is 57.7 Å². The predicted molar refractivity (Wildman–Crippen MR) is 75.7 cm³/mol. The van der Waals surface area contributed by atoms with E-state index in [1.807, 2.05) is 6.92 Å². The van der Waals surface area contributed by atoms with E-state index in [1.165, 1.54) is 23.5 Å². The smallest absolute Gasteiger partial charge is 0.186 e. The number of benzene rings is 1. The van der Waals surface area contributed by atoms with Crippen molar-refractivity contribution in [3.05, 3.63) is 35.7 Å². The Balaban J connectivity index is 1.54. The molecule has 1 aliphatic rings. The second-order valence-electron chi connectivity index (χ2n) is 4.99. The van der Waals surface area contributed by atoms with Gasteiger partial charge in [0.25, 0.3) is 0 Å². The van der Waals surface area contributed by atoms with E-state index in [-0.39, 0.29) is 5.82 Å². The van der Waals surface area contributed by atoms with Crippen molar-refractivity contribution in [2.45, 2.75) is 12.8 Å². The normalized spacial score (nSPS) is 15.8. The average molecular weight is 289 g/mol. The highest BCUT2D eigenvalue weighted by Crippen LogP contribution is 2.35. The summed E-state index contributed by atoms with van der Waals surface area (Å²) in [5.41, 5.74) is 0.851. The number of thiazole rings is 1. The molecule has 0 amide bonds. The van der Waals surface area contributed by atoms with Crippen LogP contribution in [-0.4, -0.2) is 33.3 Å². The van der Waals surface area contributed by atoms with Crippen LogP contribution in [-0.2, 0) is 0 Å². The maximum absolute atomic E-state index is 13.2. The number of nitrogens with zero attached hydrogens (tertiary/aromatic N) is 4. The van der Waals surface area contributed by atoms with Crippen molar-refractivity contribution >= 4 is 26.7 Å². The van der Waals surface area contributed by atoms with E-state index in [0.717, 1.165) is 40.1 Å². The molecule has 1 aliphatic heterocycles. The van der Waals surface area contributed by atoms with E-state index in [9.17, 15) is 4.39 Å². The molecule has 0 saturated carbocycles. The highest BCUT2D eigenvalue weighted by Gasteiger charge is 2.32. The number of aromatic amines is 1. The molecule has 102 valence electrons. The number of aromatic nitrogens is 4. The van der Waals surface area contributed by atoms with Gasteiger partial charge in [0.1, 0.15) is 11.6 Å². The Morgan fingerprint density at radius 2 is 2.20 bits per heavy atom. The summed E-state index contributed by atoms with van der Waals surface area (Å²) < 4.78 is 14.1. The molecule has 3 heterocycles. The van der Waals surface area contributed by atoms with Crippen LogP contribution in [0.4, 0.5) is 9.52 Å². The highest BCUT2D eigenvalue weighted by molar-refractivity contribution is 7.22. The summed E-state index contributed by atoms with van der Waals surface area (Å²) >= 11 is 1.52. The van der Waals surface area contributed by atoms with Gasteiger partial charge in [-0.15, -0.1) is 0 Å². The van der Waals surface area contributed by atoms with Gasteiger partial charge >= 0.3 is 0 Å². The van der Waals surface area contributed by atoms with Gasteiger partial charge in [-0.05, 0) is 25.1 Å². The number of H-pyrrole nitrogens is 1. The predicted octanol–water partition coefficient (Wildman–Crippen LogP) is 2.47. The largest absolute Gasteiger partial charge is 0.346 e. The van der Waals surface area contributed by atoms with E-state index in [0.29, 0.717) is 5.92 Å². The number of anilines is 1. The van der Waals surface area contributed by atoms with Crippen LogP contribution >= 0.6 is 11.3 Å². The zero-order chi connectivity index (χ0) is 13.7. The van der Waals surface area contributed by atoms with Crippen molar-refractivity contribution < 1.29 is 4.39 Å². The number of nitrogens with one attached hydrogen (secondary N) is 1. The molecule has 20 heavy (non-hydrogen) atoms. The fraction of sp³-hybridized carbons (Fsp3) is 0.308. The number of hydrogen-bond donors (Lipinski definition) is 1. The third-order valence-corrected chi connectivity index (χ3v) is 4.55. The van der Waals surface area contributed by atoms with E-state index in [4.69, 9.17) is 0 Å². The van der Waals surface area contributed by atoms with Crippen LogP contribution in [0.2, 0.25) is 0 Å². The van der Waals surface area contributed by atoms with Crippen molar-refractivity contribution in [2.75, 3.05) is 18.0 Å². The van der Waals surface area contributed by atoms with Gasteiger partial charge in [0, 0.05) is 13.1 Å². The van der Waals surface area contributed by atoms with Crippen LogP contribution in [0.15, 0.2) is 18.2 Å². The van der Waals surface area contributed by atoms with E-state index >= 15 is 0 Å². The molecule has 0 radical (unpaired) electrons. The first-order chi connectivity index (χ1) is 9.69. The van der Waals surface area contributed by atoms with E-state index in [1.54, 1.807) is 6.07 Å². The minimum absolute atomic E-state index is 0.217. The summed E-state index contributed by atoms with van der Waals surface area (Å²) in [6.07, 6.45) is 0. The molecule has 2 aromatic heterocycles. The lowest BCUT2D eigenvalue weighted by molar-refractivity contribution is 0.501. The quantitative estimate of drug-likeness (QED) is 0.787. The zero-order valence-electron chi connectivity index (χ0n) is 10.8. The second kappa shape index (κ2) is 4.24. The summed E-state index contributed by atoms with van der Waals surface area (Å²) in [4.78, 5) is 11.1. The van der Waals surface area contributed by atoms with Crippen molar-refractivity contribution in [1.82, 2.24) is 20.2 Å². The summed E-state index contributed by atoms with van der Waals surface area (Å²) in [5.74, 6) is 1.84. The molecular formula is C13H12FN5S. The van der Waals surface area contributed by atoms with Crippen LogP contribution in [0.5, 0.6) is 0 Å². The van der Waals surface area contributed by atoms with Gasteiger partial charge in [-0.25, -0.2) is 14.4 Å². The molecule has 1 fully saturated rings. The Hall–Kier alpha value is -2.02. The first kappa shape index (κ1) is 11.8. The monoisotopic (exact) mass is 289 g/mol. The van der Waals surface area contributed by atoms with Crippen LogP contribution in [0.1, 0.15) is 17.6 Å². The summed E-state index contributed by atoms with van der Waals surface area (Å²) in [7, 11) is 0. The van der Waals surface area contributed by atoms with Crippen molar-refractivity contribution in [2.24, 2.45) is 0 Å². The Labute approximate surface area is 118 Å². The fourth-order valence-electron chi connectivity index (χ4n) is 2.36. The minimum atomic E-state index is -0.217. The number of fused-ring (bicyclic) bond motifs is 1. The Kier molecular flexibility index (Phi) is 2.50. The fourth-order valence-corrected chi connectivity index (χ4v) is 3.37. The summed E-state index contributed by atoms with van der Waals surface area (Å²) in [6, 6.07) is 4.70. The molecule has 0 spiro atoms. The van der Waals surface area contributed by atoms with E-state index < -0.39 is 0 Å². The molecule has 1 N–H and O–H groups in total. The van der Waals surface area contributed by atoms with Gasteiger partial charge < -0.3 is 4.90 Å². The maximum atomic E-state index is 13.2. The number of aryl methyl sites for hydroxylation is 1. The average Bonchev–Trinajstić information content (AvgIpc) is 2.93. The van der Waals surface area contributed by atoms with Gasteiger partial charge in [0.05, 0.1) is 16.1 Å². The van der Waals surface area contributed by atoms with Crippen LogP contribution in [0.25, 0.3) is 10.2 Å². The van der Waals surface area contributed by atoms with Crippen molar-refractivity contribution in [3.63, 3.8) is 0 Å². The summed E-state index contributed by atoms with van der Waals surface area (Å²) in [6.45, 7) is 3.62. The lowest BCUT2D eigenvalue weighted by Crippen LogP contribution is -2.45. The molecule has 3 aromatic rings. The molecule has 1 saturated heterocycles. The molecular weight excluding hydrogens is 277 g/mol. The van der Waals surface area contributed by atoms with Crippen LogP contribution in [0, 0.1) is 12.7 Å². The second-order valence-corrected chi connectivity index (χ2v) is 6.00. The van der Waals surface area contributed by atoms with Crippen LogP contribution < -0.4 is 4.90 Å². The molecule has 0 unspecified atom stereocenters. The van der Waals surface area contributed by atoms with Crippen molar-refractivity contribution in [3.8, 4) is 0 Å². The highest BCUT2D eigenvalue weighted by atomic mass is 32.1. The van der Waals surface area contributed by atoms with Gasteiger partial charge in [-0.1, -0.05) is 11.3 Å². The Morgan fingerprint density at radius 1 is 1.35 bits per heavy atom. The number of hydrogen-bond acceptors (Lipinski definition) is 5. The van der Waals surface area contributed by atoms with Crippen molar-refractivity contribution in [1.29, 1.82) is 0 Å². The first-order valence-corrected chi connectivity index (χ1v) is 7.20. The number of rotatable bonds is 2. The van der Waals surface area contributed by atoms with Crippen LogP contribution in [0.3, 0.4) is 0 Å². The molecule has 1 aromatic carbocycles. The molecule has 7 heteroatoms. The van der Waals surface area contributed by atoms with E-state index in [2.05, 4.69) is 25.1 Å². The van der Waals surface area contributed by atoms with Gasteiger partial charge in [-0.3, -0.25) is 5.10 Å². The van der Waals surface area contributed by atoms with Gasteiger partial charge in [0.15, 0.2) is 11.0 Å². The Bertz CT molecular complexity index is 774. The van der Waals surface area contributed by atoms with Gasteiger partial charge in [0.2, 0.25) is 0 Å². The molecule has 0 atom stereocenters. The Morgan fingerprint density at radius 3 is 2.95 bits per heavy atom. The molecule has 0 bridgehead atoms. The molecule has 0 aliphatic carbocycles. The molecule has 4 rings (SSSR count). The standard InChI is InChI=1S/C13H12FN5S/c1-7-15-12(18-17-7)8-5-19(6-8)13-16-10-3-2-9(14)4-11(10)20-13/h2-4,8H,5-6H2,1H3,(H,15,17,18). The minimum Gasteiger partial charge on any atom is -0.346 e. The third kappa shape index (κ3) is 1.85. The molecule has 5 nitrogen and oxygen atoms in total. The SMILES string of the molecule is Cc1nc(C2CN(c3nc4ccc(F)cc4s3)C2)n[nH]1. The number of halogens is 1. The lowest BCUT2D eigenvalue weighted by atomic mass is 10.0. The zero-order valence-corrected chi connectivity index (χ0v) is 11.6. The first-order valence-electron chi connectivity index (χ1n) is 6.39. The lowest BCUT2D eigenvalue weighted by Gasteiger charge is -2.37. The van der Waals surface area contributed by atoms with Gasteiger partial charge in [-0.2, -0.15) is 5.10 Å². The maximum Gasteiger partial charge on any atom is 0.186 e. The third-order valence-electron chi connectivity index (χ3n) is 3.47. The summed E-state index contributed by atoms with van der Waals surface area (Å²) in [5, 5.41) is 8.00.